The number of halogens is 3. The second-order valence-electron chi connectivity index (χ2n) is 10.2. The van der Waals surface area contributed by atoms with E-state index in [1.807, 2.05) is 18.2 Å². The summed E-state index contributed by atoms with van der Waals surface area (Å²) in [6.07, 6.45) is 1.66. The molecule has 1 amide bonds. The van der Waals surface area contributed by atoms with E-state index >= 15 is 0 Å². The molecule has 3 fully saturated rings. The van der Waals surface area contributed by atoms with E-state index in [4.69, 9.17) is 9.47 Å². The molecule has 2 aliphatic carbocycles. The van der Waals surface area contributed by atoms with Gasteiger partial charge in [0.1, 0.15) is 5.75 Å². The van der Waals surface area contributed by atoms with Crippen LogP contribution in [-0.2, 0) is 9.53 Å². The number of alkyl halides is 3. The molecule has 182 valence electrons. The summed E-state index contributed by atoms with van der Waals surface area (Å²) in [6, 6.07) is 7.45. The Hall–Kier alpha value is -1.80. The fourth-order valence-electron chi connectivity index (χ4n) is 5.80. The largest absolute Gasteiger partial charge is 0.483 e. The number of carbonyl (C=O) groups is 1. The van der Waals surface area contributed by atoms with Crippen molar-refractivity contribution in [3.8, 4) is 5.75 Å². The van der Waals surface area contributed by atoms with Gasteiger partial charge in [0.05, 0.1) is 24.2 Å². The lowest BCUT2D eigenvalue weighted by Crippen LogP contribution is -2.60. The van der Waals surface area contributed by atoms with Crippen LogP contribution >= 0.6 is 0 Å². The Balaban J connectivity index is 1.34. The summed E-state index contributed by atoms with van der Waals surface area (Å²) in [5, 5.41) is 3.20. The van der Waals surface area contributed by atoms with Crippen molar-refractivity contribution < 1.29 is 27.4 Å². The number of fused-ring (bicyclic) bond motifs is 5. The number of rotatable bonds is 3. The fraction of sp³-hybridized carbons (Fsp3) is 0.720. The number of para-hydroxylation sites is 1. The molecular weight excluding hydrogens is 433 g/mol. The van der Waals surface area contributed by atoms with Crippen molar-refractivity contribution in [1.82, 2.24) is 10.2 Å². The van der Waals surface area contributed by atoms with Gasteiger partial charge in [-0.3, -0.25) is 4.79 Å². The maximum absolute atomic E-state index is 13.5. The van der Waals surface area contributed by atoms with Crippen molar-refractivity contribution in [2.75, 3.05) is 26.3 Å². The highest BCUT2D eigenvalue weighted by Gasteiger charge is 2.63. The summed E-state index contributed by atoms with van der Waals surface area (Å²) in [4.78, 5) is 15.0. The number of nitrogens with zero attached hydrogens (tertiary/aromatic N) is 1. The minimum absolute atomic E-state index is 0.0666. The van der Waals surface area contributed by atoms with Crippen molar-refractivity contribution in [2.45, 2.75) is 81.6 Å². The average Bonchev–Trinajstić information content (AvgIpc) is 3.61. The zero-order valence-electron chi connectivity index (χ0n) is 18.9. The van der Waals surface area contributed by atoms with Crippen molar-refractivity contribution in [2.24, 2.45) is 5.41 Å². The molecule has 33 heavy (non-hydrogen) atoms. The summed E-state index contributed by atoms with van der Waals surface area (Å²) in [5.74, 6) is 1.03. The van der Waals surface area contributed by atoms with Gasteiger partial charge in [-0.15, -0.1) is 0 Å². The molecule has 0 radical (unpaired) electrons. The highest BCUT2D eigenvalue weighted by atomic mass is 19.4. The molecule has 3 heterocycles. The molecule has 5 aliphatic rings. The molecule has 2 saturated carbocycles. The van der Waals surface area contributed by atoms with Crippen LogP contribution in [0, 0.1) is 5.41 Å². The van der Waals surface area contributed by atoms with Crippen LogP contribution < -0.4 is 10.1 Å². The smallest absolute Gasteiger partial charge is 0.395 e. The quantitative estimate of drug-likeness (QED) is 0.717. The number of carbonyl (C=O) groups excluding carboxylic acids is 1. The SMILES string of the molecule is O=C1COc2ccccc2C2CCC(CC2)OC[C@H]2[C@@H](NCC3(C(F)(F)F)CC3)CCCN12. The lowest BCUT2D eigenvalue weighted by Gasteiger charge is -2.42. The van der Waals surface area contributed by atoms with Gasteiger partial charge in [-0.05, 0) is 68.9 Å². The van der Waals surface area contributed by atoms with Crippen LogP contribution in [0.3, 0.4) is 0 Å². The predicted octanol–water partition coefficient (Wildman–Crippen LogP) is 4.41. The number of hydrogen-bond donors (Lipinski definition) is 1. The molecule has 1 N–H and O–H groups in total. The van der Waals surface area contributed by atoms with Crippen LogP contribution in [0.25, 0.3) is 0 Å². The topological polar surface area (TPSA) is 50.8 Å². The van der Waals surface area contributed by atoms with Crippen LogP contribution in [0.5, 0.6) is 5.75 Å². The van der Waals surface area contributed by atoms with Crippen LogP contribution in [0.2, 0.25) is 0 Å². The van der Waals surface area contributed by atoms with Gasteiger partial charge in [-0.1, -0.05) is 18.2 Å². The van der Waals surface area contributed by atoms with Gasteiger partial charge in [0.25, 0.3) is 5.91 Å². The molecule has 0 aromatic heterocycles. The summed E-state index contributed by atoms with van der Waals surface area (Å²) < 4.78 is 52.7. The zero-order valence-corrected chi connectivity index (χ0v) is 18.9. The van der Waals surface area contributed by atoms with Crippen LogP contribution in [0.4, 0.5) is 13.2 Å². The van der Waals surface area contributed by atoms with Gasteiger partial charge in [-0.2, -0.15) is 13.2 Å². The first-order valence-corrected chi connectivity index (χ1v) is 12.3. The minimum Gasteiger partial charge on any atom is -0.483 e. The third kappa shape index (κ3) is 4.74. The van der Waals surface area contributed by atoms with Gasteiger partial charge in [0.2, 0.25) is 0 Å². The first-order chi connectivity index (χ1) is 15.9. The van der Waals surface area contributed by atoms with E-state index in [-0.39, 0.29) is 50.1 Å². The van der Waals surface area contributed by atoms with Crippen molar-refractivity contribution >= 4 is 5.91 Å². The van der Waals surface area contributed by atoms with E-state index in [2.05, 4.69) is 11.4 Å². The highest BCUT2D eigenvalue weighted by molar-refractivity contribution is 5.78. The molecule has 1 aromatic carbocycles. The molecule has 3 aliphatic heterocycles. The van der Waals surface area contributed by atoms with Crippen molar-refractivity contribution in [1.29, 1.82) is 0 Å². The molecule has 0 spiro atoms. The summed E-state index contributed by atoms with van der Waals surface area (Å²) in [6.45, 7) is 0.774. The maximum atomic E-state index is 13.5. The first kappa shape index (κ1) is 23.0. The number of ether oxygens (including phenoxy) is 2. The van der Waals surface area contributed by atoms with E-state index < -0.39 is 11.6 Å². The zero-order chi connectivity index (χ0) is 23.1. The molecule has 2 bridgehead atoms. The average molecular weight is 467 g/mol. The van der Waals surface area contributed by atoms with Gasteiger partial charge >= 0.3 is 6.18 Å². The van der Waals surface area contributed by atoms with E-state index in [0.29, 0.717) is 19.1 Å². The van der Waals surface area contributed by atoms with Gasteiger partial charge < -0.3 is 19.7 Å². The van der Waals surface area contributed by atoms with Crippen molar-refractivity contribution in [3.63, 3.8) is 0 Å². The molecule has 1 saturated heterocycles. The molecule has 8 heteroatoms. The highest BCUT2D eigenvalue weighted by Crippen LogP contribution is 2.57. The monoisotopic (exact) mass is 466 g/mol. The fourth-order valence-corrected chi connectivity index (χ4v) is 5.80. The third-order valence-electron chi connectivity index (χ3n) is 8.14. The summed E-state index contributed by atoms with van der Waals surface area (Å²) in [5.41, 5.74) is -0.450. The Labute approximate surface area is 193 Å². The van der Waals surface area contributed by atoms with Crippen molar-refractivity contribution in [3.05, 3.63) is 29.8 Å². The first-order valence-electron chi connectivity index (χ1n) is 12.3. The predicted molar refractivity (Wildman–Crippen MR) is 117 cm³/mol. The molecule has 2 atom stereocenters. The number of benzene rings is 1. The second-order valence-corrected chi connectivity index (χ2v) is 10.2. The molecule has 0 unspecified atom stereocenters. The Morgan fingerprint density at radius 1 is 1.09 bits per heavy atom. The molecule has 1 aromatic rings. The summed E-state index contributed by atoms with van der Waals surface area (Å²) in [7, 11) is 0. The van der Waals surface area contributed by atoms with Crippen LogP contribution in [-0.4, -0.2) is 61.5 Å². The van der Waals surface area contributed by atoms with Gasteiger partial charge in [0.15, 0.2) is 6.61 Å². The Morgan fingerprint density at radius 3 is 2.58 bits per heavy atom. The minimum atomic E-state index is -4.19. The van der Waals surface area contributed by atoms with Crippen LogP contribution in [0.15, 0.2) is 24.3 Å². The van der Waals surface area contributed by atoms with Gasteiger partial charge in [-0.25, -0.2) is 0 Å². The number of piperidine rings is 1. The number of nitrogens with one attached hydrogen (secondary N) is 1. The standard InChI is InChI=1S/C25H33F3N2O3/c26-25(27,28)24(11-12-24)16-29-20-5-3-13-30-21(20)14-32-18-9-7-17(8-10-18)19-4-1-2-6-22(19)33-15-23(30)31/h1-2,4,6,17-18,20-21,29H,3,5,7-16H2/t17?,18?,20-,21-/m0/s1. The molecular formula is C25H33F3N2O3. The maximum Gasteiger partial charge on any atom is 0.395 e. The Bertz CT molecular complexity index is 850. The third-order valence-corrected chi connectivity index (χ3v) is 8.14. The Morgan fingerprint density at radius 2 is 1.85 bits per heavy atom. The van der Waals surface area contributed by atoms with Gasteiger partial charge in [0, 0.05) is 19.1 Å². The van der Waals surface area contributed by atoms with E-state index in [9.17, 15) is 18.0 Å². The van der Waals surface area contributed by atoms with E-state index in [0.717, 1.165) is 49.8 Å². The second kappa shape index (κ2) is 9.10. The Kier molecular flexibility index (Phi) is 6.33. The summed E-state index contributed by atoms with van der Waals surface area (Å²) >= 11 is 0. The van der Waals surface area contributed by atoms with Crippen LogP contribution in [0.1, 0.15) is 62.8 Å². The number of hydrogen-bond acceptors (Lipinski definition) is 4. The lowest BCUT2D eigenvalue weighted by atomic mass is 9.82. The molecule has 6 rings (SSSR count). The number of amides is 1. The molecule has 5 nitrogen and oxygen atoms in total. The lowest BCUT2D eigenvalue weighted by molar-refractivity contribution is -0.186. The van der Waals surface area contributed by atoms with E-state index in [1.54, 1.807) is 4.90 Å². The normalized spacial score (nSPS) is 32.0. The van der Waals surface area contributed by atoms with E-state index in [1.165, 1.54) is 0 Å².